The van der Waals surface area contributed by atoms with Crippen molar-refractivity contribution in [2.75, 3.05) is 32.8 Å². The lowest BCUT2D eigenvalue weighted by Gasteiger charge is -2.19. The van der Waals surface area contributed by atoms with Crippen molar-refractivity contribution in [2.24, 2.45) is 11.8 Å². The van der Waals surface area contributed by atoms with Gasteiger partial charge in [0.15, 0.2) is 0 Å². The van der Waals surface area contributed by atoms with E-state index < -0.39 is 67.0 Å². The predicted octanol–water partition coefficient (Wildman–Crippen LogP) is 0.407. The van der Waals surface area contributed by atoms with Crippen molar-refractivity contribution < 1.29 is 43.0 Å². The smallest absolute Gasteiger partial charge is 0.408 e. The molecule has 0 aromatic rings. The van der Waals surface area contributed by atoms with Gasteiger partial charge in [-0.1, -0.05) is 27.7 Å². The highest BCUT2D eigenvalue weighted by molar-refractivity contribution is 6.03. The maximum absolute atomic E-state index is 12.4. The summed E-state index contributed by atoms with van der Waals surface area (Å²) in [6.07, 6.45) is 0.358. The Kier molecular flexibility index (Phi) is 15.6. The molecular formula is C24H42N4O9. The van der Waals surface area contributed by atoms with Crippen LogP contribution in [0.4, 0.5) is 4.79 Å². The number of amides is 4. The molecule has 0 unspecified atom stereocenters. The van der Waals surface area contributed by atoms with Gasteiger partial charge >= 0.3 is 18.0 Å². The SMILES string of the molecule is CC(C)CCOC(=O)C(NC(=O)CNC(=O)CNC(=O)CNC(=O)OC(C)(C)C)C(=O)OCCC(C)C. The Morgan fingerprint density at radius 2 is 1.05 bits per heavy atom. The summed E-state index contributed by atoms with van der Waals surface area (Å²) in [6, 6.07) is -1.68. The number of carbonyl (C=O) groups excluding carboxylic acids is 6. The van der Waals surface area contributed by atoms with Gasteiger partial charge in [0.25, 0.3) is 0 Å². The molecule has 0 aliphatic carbocycles. The van der Waals surface area contributed by atoms with Crippen LogP contribution in [-0.2, 0) is 38.2 Å². The number of hydrogen-bond donors (Lipinski definition) is 4. The van der Waals surface area contributed by atoms with Crippen LogP contribution in [0.2, 0.25) is 0 Å². The van der Waals surface area contributed by atoms with Gasteiger partial charge in [-0.25, -0.2) is 14.4 Å². The normalized spacial score (nSPS) is 11.1. The minimum absolute atomic E-state index is 0.0708. The van der Waals surface area contributed by atoms with Crippen molar-refractivity contribution >= 4 is 35.8 Å². The van der Waals surface area contributed by atoms with Gasteiger partial charge in [0.2, 0.25) is 23.8 Å². The molecule has 4 N–H and O–H groups in total. The van der Waals surface area contributed by atoms with E-state index in [1.54, 1.807) is 20.8 Å². The lowest BCUT2D eigenvalue weighted by molar-refractivity contribution is -0.160. The average Bonchev–Trinajstić information content (AvgIpc) is 2.76. The molecule has 37 heavy (non-hydrogen) atoms. The molecule has 0 spiro atoms. The summed E-state index contributed by atoms with van der Waals surface area (Å²) in [5.74, 6) is -3.59. The molecule has 0 atom stereocenters. The van der Waals surface area contributed by atoms with Crippen LogP contribution in [0.25, 0.3) is 0 Å². The zero-order valence-corrected chi connectivity index (χ0v) is 22.9. The molecule has 13 heteroatoms. The third-order valence-electron chi connectivity index (χ3n) is 4.34. The van der Waals surface area contributed by atoms with E-state index in [9.17, 15) is 28.8 Å². The maximum Gasteiger partial charge on any atom is 0.408 e. The average molecular weight is 531 g/mol. The van der Waals surface area contributed by atoms with E-state index in [1.165, 1.54) is 0 Å². The van der Waals surface area contributed by atoms with Crippen LogP contribution < -0.4 is 21.3 Å². The first-order valence-corrected chi connectivity index (χ1v) is 12.2. The number of esters is 2. The van der Waals surface area contributed by atoms with E-state index in [4.69, 9.17) is 14.2 Å². The van der Waals surface area contributed by atoms with E-state index >= 15 is 0 Å². The van der Waals surface area contributed by atoms with Crippen molar-refractivity contribution in [3.05, 3.63) is 0 Å². The highest BCUT2D eigenvalue weighted by Crippen LogP contribution is 2.06. The zero-order valence-electron chi connectivity index (χ0n) is 22.9. The van der Waals surface area contributed by atoms with Gasteiger partial charge in [-0.05, 0) is 45.4 Å². The van der Waals surface area contributed by atoms with E-state index in [0.717, 1.165) is 0 Å². The molecule has 0 aliphatic heterocycles. The summed E-state index contributed by atoms with van der Waals surface area (Å²) in [5, 5.41) is 8.97. The topological polar surface area (TPSA) is 178 Å². The van der Waals surface area contributed by atoms with Gasteiger partial charge in [-0.2, -0.15) is 0 Å². The molecule has 13 nitrogen and oxygen atoms in total. The van der Waals surface area contributed by atoms with Crippen molar-refractivity contribution in [2.45, 2.75) is 73.0 Å². The Labute approximate surface area is 218 Å². The summed E-state index contributed by atoms with van der Waals surface area (Å²) in [5.41, 5.74) is -0.727. The lowest BCUT2D eigenvalue weighted by atomic mass is 10.1. The number of hydrogen-bond acceptors (Lipinski definition) is 9. The fraction of sp³-hybridized carbons (Fsp3) is 0.750. The van der Waals surface area contributed by atoms with Gasteiger partial charge in [-0.3, -0.25) is 14.4 Å². The second-order valence-electron chi connectivity index (χ2n) is 10.1. The van der Waals surface area contributed by atoms with Crippen LogP contribution in [-0.4, -0.2) is 80.2 Å². The Balaban J connectivity index is 4.64. The van der Waals surface area contributed by atoms with Gasteiger partial charge in [0.05, 0.1) is 26.3 Å². The molecule has 0 aliphatic rings. The fourth-order valence-electron chi connectivity index (χ4n) is 2.33. The van der Waals surface area contributed by atoms with Crippen molar-refractivity contribution in [3.63, 3.8) is 0 Å². The first-order chi connectivity index (χ1) is 17.1. The third-order valence-corrected chi connectivity index (χ3v) is 4.34. The van der Waals surface area contributed by atoms with Crippen LogP contribution in [0.15, 0.2) is 0 Å². The highest BCUT2D eigenvalue weighted by atomic mass is 16.6. The Morgan fingerprint density at radius 1 is 0.649 bits per heavy atom. The first kappa shape index (κ1) is 33.6. The number of carbonyl (C=O) groups is 6. The molecule has 0 aromatic heterocycles. The number of ether oxygens (including phenoxy) is 3. The van der Waals surface area contributed by atoms with Crippen LogP contribution in [0, 0.1) is 11.8 Å². The lowest BCUT2D eigenvalue weighted by Crippen LogP contribution is -2.51. The first-order valence-electron chi connectivity index (χ1n) is 12.2. The minimum Gasteiger partial charge on any atom is -0.464 e. The Hall–Kier alpha value is -3.38. The third kappa shape index (κ3) is 18.5. The molecular weight excluding hydrogens is 488 g/mol. The molecule has 0 bridgehead atoms. The number of alkyl carbamates (subject to hydrolysis) is 1. The zero-order chi connectivity index (χ0) is 28.6. The second-order valence-corrected chi connectivity index (χ2v) is 10.1. The van der Waals surface area contributed by atoms with Gasteiger partial charge in [0.1, 0.15) is 12.1 Å². The molecule has 0 fully saturated rings. The largest absolute Gasteiger partial charge is 0.464 e. The summed E-state index contributed by atoms with van der Waals surface area (Å²) in [4.78, 5) is 72.3. The van der Waals surface area contributed by atoms with E-state index in [2.05, 4.69) is 21.3 Å². The Bertz CT molecular complexity index is 766. The minimum atomic E-state index is -1.68. The van der Waals surface area contributed by atoms with Crippen molar-refractivity contribution in [3.8, 4) is 0 Å². The second kappa shape index (κ2) is 17.1. The van der Waals surface area contributed by atoms with Crippen LogP contribution >= 0.6 is 0 Å². The fourth-order valence-corrected chi connectivity index (χ4v) is 2.33. The van der Waals surface area contributed by atoms with E-state index in [-0.39, 0.29) is 25.0 Å². The van der Waals surface area contributed by atoms with Crippen LogP contribution in [0.5, 0.6) is 0 Å². The molecule has 0 aromatic carbocycles. The quantitative estimate of drug-likeness (QED) is 0.133. The monoisotopic (exact) mass is 530 g/mol. The molecule has 0 rings (SSSR count). The van der Waals surface area contributed by atoms with Crippen molar-refractivity contribution in [1.29, 1.82) is 0 Å². The van der Waals surface area contributed by atoms with Gasteiger partial charge in [-0.15, -0.1) is 0 Å². The Morgan fingerprint density at radius 3 is 1.46 bits per heavy atom. The predicted molar refractivity (Wildman–Crippen MR) is 133 cm³/mol. The highest BCUT2D eigenvalue weighted by Gasteiger charge is 2.31. The summed E-state index contributed by atoms with van der Waals surface area (Å²) in [7, 11) is 0. The van der Waals surface area contributed by atoms with Crippen LogP contribution in [0.1, 0.15) is 61.3 Å². The summed E-state index contributed by atoms with van der Waals surface area (Å²) >= 11 is 0. The molecule has 4 amide bonds. The van der Waals surface area contributed by atoms with Gasteiger partial charge < -0.3 is 35.5 Å². The molecule has 0 radical (unpaired) electrons. The van der Waals surface area contributed by atoms with Crippen molar-refractivity contribution in [1.82, 2.24) is 21.3 Å². The summed E-state index contributed by atoms with van der Waals surface area (Å²) in [6.45, 7) is 11.4. The van der Waals surface area contributed by atoms with Gasteiger partial charge in [0, 0.05) is 0 Å². The molecule has 0 saturated carbocycles. The number of rotatable bonds is 15. The standard InChI is InChI=1S/C24H42N4O9/c1-15(2)8-10-35-21(32)20(22(33)36-11-9-16(3)4)28-19(31)14-26-17(29)12-25-18(30)13-27-23(34)37-24(5,6)7/h15-16,20H,8-14H2,1-7H3,(H,25,30)(H,26,29)(H,27,34)(H,28,31). The molecule has 0 saturated heterocycles. The van der Waals surface area contributed by atoms with E-state index in [0.29, 0.717) is 12.8 Å². The molecule has 212 valence electrons. The maximum atomic E-state index is 12.4. The summed E-state index contributed by atoms with van der Waals surface area (Å²) < 4.78 is 15.2. The molecule has 0 heterocycles. The number of nitrogens with one attached hydrogen (secondary N) is 4. The van der Waals surface area contributed by atoms with Crippen LogP contribution in [0.3, 0.4) is 0 Å². The van der Waals surface area contributed by atoms with E-state index in [1.807, 2.05) is 27.7 Å².